The minimum atomic E-state index is -3.35. The summed E-state index contributed by atoms with van der Waals surface area (Å²) in [6, 6.07) is 3.75. The zero-order valence-corrected chi connectivity index (χ0v) is 17.8. The predicted octanol–water partition coefficient (Wildman–Crippen LogP) is 2.25. The van der Waals surface area contributed by atoms with Crippen LogP contribution in [0, 0.1) is 0 Å². The van der Waals surface area contributed by atoms with E-state index in [-0.39, 0.29) is 36.5 Å². The molecule has 1 saturated carbocycles. The van der Waals surface area contributed by atoms with Crippen LogP contribution in [0.15, 0.2) is 18.3 Å². The van der Waals surface area contributed by atoms with Crippen LogP contribution in [-0.4, -0.2) is 41.8 Å². The first kappa shape index (κ1) is 20.6. The van der Waals surface area contributed by atoms with Crippen LogP contribution >= 0.6 is 0 Å². The number of rotatable bonds is 5. The Bertz CT molecular complexity index is 1040. The predicted molar refractivity (Wildman–Crippen MR) is 111 cm³/mol. The molecule has 4 rings (SSSR count). The fourth-order valence-corrected chi connectivity index (χ4v) is 5.06. The molecule has 1 fully saturated rings. The molecule has 0 saturated heterocycles. The summed E-state index contributed by atoms with van der Waals surface area (Å²) in [7, 11) is -3.35. The van der Waals surface area contributed by atoms with Gasteiger partial charge in [0, 0.05) is 42.0 Å². The minimum Gasteiger partial charge on any atom is -0.446 e. The van der Waals surface area contributed by atoms with Crippen LogP contribution < -0.4 is 15.4 Å². The molecule has 0 aromatic carbocycles. The van der Waals surface area contributed by atoms with Crippen LogP contribution in [0.4, 0.5) is 16.4 Å². The van der Waals surface area contributed by atoms with E-state index in [9.17, 15) is 13.2 Å². The molecule has 10 nitrogen and oxygen atoms in total. The topological polar surface area (TPSA) is 138 Å². The summed E-state index contributed by atoms with van der Waals surface area (Å²) in [5.41, 5.74) is 2.51. The highest BCUT2D eigenvalue weighted by atomic mass is 32.2. The van der Waals surface area contributed by atoms with Crippen molar-refractivity contribution >= 4 is 27.8 Å². The third-order valence-electron chi connectivity index (χ3n) is 5.32. The minimum absolute atomic E-state index is 0.0408. The standard InChI is InChI=1S/C19H26N6O4S/c1-11(2)22-19(26)29-14-4-3-12(7-14)16-8-17(25-24-16)23-18-15-10-30(27,28)21-9-13(15)5-6-20-18/h5-6,8,11-12,14,21H,3-4,7,9-10H2,1-2H3,(H,22,26)(H2,20,23,24,25)/t12-,14+/m0/s1. The van der Waals surface area contributed by atoms with Crippen molar-refractivity contribution in [2.24, 2.45) is 0 Å². The Labute approximate surface area is 175 Å². The fourth-order valence-electron chi connectivity index (χ4n) is 3.88. The molecule has 2 aromatic heterocycles. The summed E-state index contributed by atoms with van der Waals surface area (Å²) >= 11 is 0. The van der Waals surface area contributed by atoms with Gasteiger partial charge in [0.15, 0.2) is 5.82 Å². The molecule has 2 aromatic rings. The Hall–Kier alpha value is -2.66. The second-order valence-electron chi connectivity index (χ2n) is 8.05. The number of carbonyl (C=O) groups excluding carboxylic acids is 1. The van der Waals surface area contributed by atoms with E-state index in [1.807, 2.05) is 26.0 Å². The lowest BCUT2D eigenvalue weighted by Crippen LogP contribution is -2.33. The molecule has 2 atom stereocenters. The largest absolute Gasteiger partial charge is 0.446 e. The van der Waals surface area contributed by atoms with Gasteiger partial charge in [-0.1, -0.05) is 0 Å². The number of hydrogen-bond donors (Lipinski definition) is 4. The first-order chi connectivity index (χ1) is 14.3. The number of nitrogens with one attached hydrogen (secondary N) is 4. The van der Waals surface area contributed by atoms with Gasteiger partial charge in [-0.3, -0.25) is 5.10 Å². The Morgan fingerprint density at radius 3 is 2.97 bits per heavy atom. The van der Waals surface area contributed by atoms with Crippen molar-refractivity contribution < 1.29 is 17.9 Å². The van der Waals surface area contributed by atoms with Crippen molar-refractivity contribution in [3.05, 3.63) is 35.2 Å². The Morgan fingerprint density at radius 2 is 2.17 bits per heavy atom. The van der Waals surface area contributed by atoms with Crippen molar-refractivity contribution in [3.8, 4) is 0 Å². The van der Waals surface area contributed by atoms with Gasteiger partial charge in [-0.05, 0) is 44.7 Å². The molecular weight excluding hydrogens is 408 g/mol. The number of nitrogens with zero attached hydrogens (tertiary/aromatic N) is 2. The summed E-state index contributed by atoms with van der Waals surface area (Å²) in [5.74, 6) is 1.17. The van der Waals surface area contributed by atoms with E-state index in [0.29, 0.717) is 17.2 Å². The zero-order chi connectivity index (χ0) is 21.3. The maximum Gasteiger partial charge on any atom is 0.407 e. The number of pyridine rings is 1. The van der Waals surface area contributed by atoms with Crippen LogP contribution in [0.3, 0.4) is 0 Å². The van der Waals surface area contributed by atoms with Gasteiger partial charge >= 0.3 is 6.09 Å². The number of ether oxygens (including phenoxy) is 1. The lowest BCUT2D eigenvalue weighted by Gasteiger charge is -2.19. The number of fused-ring (bicyclic) bond motifs is 1. The smallest absolute Gasteiger partial charge is 0.407 e. The molecule has 0 spiro atoms. The number of aromatic amines is 1. The SMILES string of the molecule is CC(C)NC(=O)O[C@@H]1CC[C@H](c2cc(Nc3nccc4c3CS(=O)(=O)NC4)n[nH]2)C1. The van der Waals surface area contributed by atoms with Crippen molar-refractivity contribution in [2.75, 3.05) is 5.32 Å². The van der Waals surface area contributed by atoms with Crippen LogP contribution in [0.2, 0.25) is 0 Å². The quantitative estimate of drug-likeness (QED) is 0.566. The monoisotopic (exact) mass is 434 g/mol. The summed E-state index contributed by atoms with van der Waals surface area (Å²) in [6.07, 6.45) is 3.58. The molecule has 1 aliphatic heterocycles. The number of hydrogen-bond acceptors (Lipinski definition) is 7. The van der Waals surface area contributed by atoms with Gasteiger partial charge in [0.25, 0.3) is 0 Å². The lowest BCUT2D eigenvalue weighted by atomic mass is 10.0. The number of amides is 1. The maximum absolute atomic E-state index is 11.9. The molecular formula is C19H26N6O4S. The zero-order valence-electron chi connectivity index (χ0n) is 16.9. The first-order valence-corrected chi connectivity index (χ1v) is 11.7. The van der Waals surface area contributed by atoms with E-state index < -0.39 is 10.0 Å². The second-order valence-corrected chi connectivity index (χ2v) is 9.85. The van der Waals surface area contributed by atoms with Gasteiger partial charge in [-0.2, -0.15) is 5.10 Å². The number of carbonyl (C=O) groups is 1. The molecule has 4 N–H and O–H groups in total. The van der Waals surface area contributed by atoms with E-state index in [4.69, 9.17) is 4.74 Å². The van der Waals surface area contributed by atoms with Gasteiger partial charge in [0.05, 0.1) is 5.75 Å². The van der Waals surface area contributed by atoms with E-state index in [1.165, 1.54) is 0 Å². The number of anilines is 2. The number of aromatic nitrogens is 3. The fraction of sp³-hybridized carbons (Fsp3) is 0.526. The highest BCUT2D eigenvalue weighted by Gasteiger charge is 2.30. The van der Waals surface area contributed by atoms with Crippen LogP contribution in [0.25, 0.3) is 0 Å². The van der Waals surface area contributed by atoms with Crippen LogP contribution in [0.1, 0.15) is 55.8 Å². The average molecular weight is 435 g/mol. The van der Waals surface area contributed by atoms with Crippen molar-refractivity contribution in [2.45, 2.75) is 63.5 Å². The number of alkyl carbamates (subject to hydrolysis) is 1. The number of H-pyrrole nitrogens is 1. The molecule has 1 aliphatic carbocycles. The summed E-state index contributed by atoms with van der Waals surface area (Å²) in [5, 5.41) is 13.2. The van der Waals surface area contributed by atoms with E-state index >= 15 is 0 Å². The van der Waals surface area contributed by atoms with E-state index in [2.05, 4.69) is 30.5 Å². The van der Waals surface area contributed by atoms with Crippen molar-refractivity contribution in [1.29, 1.82) is 0 Å². The molecule has 0 radical (unpaired) electrons. The van der Waals surface area contributed by atoms with Crippen LogP contribution in [-0.2, 0) is 27.1 Å². The first-order valence-electron chi connectivity index (χ1n) is 10.0. The van der Waals surface area contributed by atoms with Gasteiger partial charge in [0.1, 0.15) is 11.9 Å². The Kier molecular flexibility index (Phi) is 5.65. The average Bonchev–Trinajstić information content (AvgIpc) is 3.30. The van der Waals surface area contributed by atoms with Gasteiger partial charge in [0.2, 0.25) is 10.0 Å². The summed E-state index contributed by atoms with van der Waals surface area (Å²) < 4.78 is 31.9. The Morgan fingerprint density at radius 1 is 1.33 bits per heavy atom. The molecule has 1 amide bonds. The number of sulfonamides is 1. The molecule has 0 bridgehead atoms. The summed E-state index contributed by atoms with van der Waals surface area (Å²) in [6.45, 7) is 4.04. The highest BCUT2D eigenvalue weighted by Crippen LogP contribution is 2.36. The molecule has 0 unspecified atom stereocenters. The van der Waals surface area contributed by atoms with Crippen LogP contribution in [0.5, 0.6) is 0 Å². The molecule has 2 aliphatic rings. The van der Waals surface area contributed by atoms with Crippen molar-refractivity contribution in [3.63, 3.8) is 0 Å². The highest BCUT2D eigenvalue weighted by molar-refractivity contribution is 7.88. The normalized spacial score (nSPS) is 22.5. The third kappa shape index (κ3) is 4.73. The molecule has 30 heavy (non-hydrogen) atoms. The molecule has 3 heterocycles. The second kappa shape index (κ2) is 8.23. The van der Waals surface area contributed by atoms with E-state index in [0.717, 1.165) is 30.5 Å². The van der Waals surface area contributed by atoms with Gasteiger partial charge < -0.3 is 15.4 Å². The molecule has 162 valence electrons. The Balaban J connectivity index is 1.41. The lowest BCUT2D eigenvalue weighted by molar-refractivity contribution is 0.0981. The van der Waals surface area contributed by atoms with Crippen molar-refractivity contribution in [1.82, 2.24) is 25.2 Å². The van der Waals surface area contributed by atoms with E-state index in [1.54, 1.807) is 6.20 Å². The summed E-state index contributed by atoms with van der Waals surface area (Å²) in [4.78, 5) is 16.1. The maximum atomic E-state index is 11.9. The van der Waals surface area contributed by atoms with Gasteiger partial charge in [-0.25, -0.2) is 22.9 Å². The van der Waals surface area contributed by atoms with Gasteiger partial charge in [-0.15, -0.1) is 0 Å². The molecule has 11 heteroatoms. The third-order valence-corrected chi connectivity index (χ3v) is 6.57.